The minimum atomic E-state index is -0.717. The number of rotatable bonds is 6. The molecule has 1 aromatic carbocycles. The summed E-state index contributed by atoms with van der Waals surface area (Å²) in [5.74, 6) is 0.922. The Hall–Kier alpha value is -2.67. The molecular formula is C23H31N5O2. The quantitative estimate of drug-likeness (QED) is 0.745. The number of hydrogen-bond donors (Lipinski definition) is 1. The van der Waals surface area contributed by atoms with Gasteiger partial charge in [-0.3, -0.25) is 14.6 Å². The first kappa shape index (κ1) is 20.6. The molecule has 1 N–H and O–H groups in total. The maximum atomic E-state index is 13.5. The zero-order chi connectivity index (χ0) is 21.3. The summed E-state index contributed by atoms with van der Waals surface area (Å²) < 4.78 is 0. The molecule has 3 amide bonds. The van der Waals surface area contributed by atoms with E-state index >= 15 is 0 Å². The van der Waals surface area contributed by atoms with Gasteiger partial charge in [-0.05, 0) is 45.6 Å². The number of carbonyl (C=O) groups is 2. The van der Waals surface area contributed by atoms with Gasteiger partial charge >= 0.3 is 6.03 Å². The van der Waals surface area contributed by atoms with E-state index in [1.807, 2.05) is 50.1 Å². The van der Waals surface area contributed by atoms with Crippen LogP contribution in [0.5, 0.6) is 0 Å². The zero-order valence-corrected chi connectivity index (χ0v) is 18.1. The van der Waals surface area contributed by atoms with Gasteiger partial charge in [-0.15, -0.1) is 0 Å². The van der Waals surface area contributed by atoms with Gasteiger partial charge < -0.3 is 9.88 Å². The molecule has 2 aliphatic heterocycles. The van der Waals surface area contributed by atoms with Crippen LogP contribution in [0, 0.1) is 6.92 Å². The van der Waals surface area contributed by atoms with Gasteiger partial charge in [0.15, 0.2) is 0 Å². The molecule has 160 valence electrons. The third-order valence-corrected chi connectivity index (χ3v) is 6.37. The number of imidazole rings is 1. The van der Waals surface area contributed by atoms with Crippen LogP contribution in [0.3, 0.4) is 0 Å². The van der Waals surface area contributed by atoms with Crippen molar-refractivity contribution < 1.29 is 9.59 Å². The number of hydrogen-bond acceptors (Lipinski definition) is 4. The molecule has 0 unspecified atom stereocenters. The van der Waals surface area contributed by atoms with Gasteiger partial charge in [-0.1, -0.05) is 30.3 Å². The van der Waals surface area contributed by atoms with E-state index in [1.165, 1.54) is 10.5 Å². The molecule has 0 saturated carbocycles. The number of aromatic amines is 1. The maximum absolute atomic E-state index is 13.5. The minimum absolute atomic E-state index is 0.0240. The van der Waals surface area contributed by atoms with E-state index in [9.17, 15) is 9.59 Å². The molecule has 30 heavy (non-hydrogen) atoms. The molecule has 0 atom stereocenters. The van der Waals surface area contributed by atoms with Crippen LogP contribution < -0.4 is 0 Å². The number of carbonyl (C=O) groups excluding carboxylic acids is 2. The molecule has 0 radical (unpaired) electrons. The largest absolute Gasteiger partial charge is 0.345 e. The number of benzene rings is 1. The van der Waals surface area contributed by atoms with Gasteiger partial charge in [0, 0.05) is 37.6 Å². The van der Waals surface area contributed by atoms with E-state index in [-0.39, 0.29) is 18.0 Å². The van der Waals surface area contributed by atoms with Crippen LogP contribution in [-0.4, -0.2) is 67.8 Å². The van der Waals surface area contributed by atoms with E-state index < -0.39 is 5.54 Å². The Morgan fingerprint density at radius 3 is 2.43 bits per heavy atom. The number of imide groups is 1. The molecule has 2 fully saturated rings. The Balaban J connectivity index is 1.50. The Kier molecular flexibility index (Phi) is 5.64. The van der Waals surface area contributed by atoms with Crippen molar-refractivity contribution in [3.8, 4) is 0 Å². The first-order valence-electron chi connectivity index (χ1n) is 10.8. The Morgan fingerprint density at radius 1 is 1.13 bits per heavy atom. The number of H-pyrrole nitrogens is 1. The number of piperidine rings is 1. The molecule has 0 bridgehead atoms. The molecule has 1 spiro atoms. The summed E-state index contributed by atoms with van der Waals surface area (Å²) in [5.41, 5.74) is 1.52. The second-order valence-corrected chi connectivity index (χ2v) is 8.76. The number of nitrogens with one attached hydrogen (secondary N) is 1. The van der Waals surface area contributed by atoms with E-state index in [4.69, 9.17) is 0 Å². The van der Waals surface area contributed by atoms with E-state index in [0.29, 0.717) is 19.4 Å². The molecule has 7 heteroatoms. The summed E-state index contributed by atoms with van der Waals surface area (Å²) in [4.78, 5) is 40.0. The Labute approximate surface area is 178 Å². The van der Waals surface area contributed by atoms with Gasteiger partial charge in [0.25, 0.3) is 5.91 Å². The highest BCUT2D eigenvalue weighted by atomic mass is 16.2. The average molecular weight is 410 g/mol. The molecule has 2 aromatic rings. The number of aromatic nitrogens is 2. The lowest BCUT2D eigenvalue weighted by Crippen LogP contribution is -2.57. The lowest BCUT2D eigenvalue weighted by Gasteiger charge is -2.42. The normalized spacial score (nSPS) is 19.5. The third kappa shape index (κ3) is 3.74. The lowest BCUT2D eigenvalue weighted by molar-refractivity contribution is -0.136. The predicted molar refractivity (Wildman–Crippen MR) is 115 cm³/mol. The van der Waals surface area contributed by atoms with Crippen molar-refractivity contribution in [2.24, 2.45) is 0 Å². The van der Waals surface area contributed by atoms with Gasteiger partial charge in [-0.25, -0.2) is 9.78 Å². The predicted octanol–water partition coefficient (Wildman–Crippen LogP) is 2.97. The topological polar surface area (TPSA) is 72.5 Å². The monoisotopic (exact) mass is 409 g/mol. The fraction of sp³-hybridized carbons (Fsp3) is 0.522. The van der Waals surface area contributed by atoms with Crippen molar-refractivity contribution in [1.29, 1.82) is 0 Å². The minimum Gasteiger partial charge on any atom is -0.345 e. The summed E-state index contributed by atoms with van der Waals surface area (Å²) in [6.45, 7) is 8.67. The van der Waals surface area contributed by atoms with E-state index in [2.05, 4.69) is 27.0 Å². The Morgan fingerprint density at radius 2 is 1.83 bits per heavy atom. The van der Waals surface area contributed by atoms with Gasteiger partial charge in [0.1, 0.15) is 11.4 Å². The highest BCUT2D eigenvalue weighted by molar-refractivity contribution is 6.07. The highest BCUT2D eigenvalue weighted by Gasteiger charge is 2.58. The van der Waals surface area contributed by atoms with Gasteiger partial charge in [0.2, 0.25) is 0 Å². The number of nitrogens with zero attached hydrogens (tertiary/aromatic N) is 4. The lowest BCUT2D eigenvalue weighted by atomic mass is 9.85. The van der Waals surface area contributed by atoms with Crippen molar-refractivity contribution in [2.45, 2.75) is 58.2 Å². The van der Waals surface area contributed by atoms with Crippen LogP contribution in [0.25, 0.3) is 0 Å². The summed E-state index contributed by atoms with van der Waals surface area (Å²) in [5, 5.41) is 0. The first-order valence-corrected chi connectivity index (χ1v) is 10.8. The van der Waals surface area contributed by atoms with Gasteiger partial charge in [-0.2, -0.15) is 0 Å². The SMILES string of the molecule is Cc1cnc(CN2CCC3(CC2)C(=O)N(C(C)C)C(=O)N3CCc2ccccc2)[nH]1. The molecule has 7 nitrogen and oxygen atoms in total. The number of aryl methyl sites for hydroxylation is 1. The maximum Gasteiger partial charge on any atom is 0.327 e. The van der Waals surface area contributed by atoms with Crippen LogP contribution in [0.2, 0.25) is 0 Å². The van der Waals surface area contributed by atoms with Crippen molar-refractivity contribution in [3.63, 3.8) is 0 Å². The van der Waals surface area contributed by atoms with Crippen molar-refractivity contribution in [1.82, 2.24) is 24.7 Å². The Bertz CT molecular complexity index is 899. The summed E-state index contributed by atoms with van der Waals surface area (Å²) in [7, 11) is 0. The highest BCUT2D eigenvalue weighted by Crippen LogP contribution is 2.38. The van der Waals surface area contributed by atoms with E-state index in [1.54, 1.807) is 0 Å². The van der Waals surface area contributed by atoms with Crippen LogP contribution in [0.4, 0.5) is 4.79 Å². The number of amides is 3. The zero-order valence-electron chi connectivity index (χ0n) is 18.1. The number of urea groups is 1. The molecule has 3 heterocycles. The van der Waals surface area contributed by atoms with Crippen molar-refractivity contribution in [2.75, 3.05) is 19.6 Å². The standard InChI is InChI=1S/C23H31N5O2/c1-17(2)28-21(29)23(27(22(28)30)12-9-19-7-5-4-6-8-19)10-13-26(14-11-23)16-20-24-15-18(3)25-20/h4-8,15,17H,9-14,16H2,1-3H3,(H,24,25). The molecule has 2 saturated heterocycles. The summed E-state index contributed by atoms with van der Waals surface area (Å²) in [6, 6.07) is 9.89. The van der Waals surface area contributed by atoms with Crippen molar-refractivity contribution in [3.05, 3.63) is 53.6 Å². The van der Waals surface area contributed by atoms with Crippen LogP contribution >= 0.6 is 0 Å². The van der Waals surface area contributed by atoms with Gasteiger partial charge in [0.05, 0.1) is 6.54 Å². The molecular weight excluding hydrogens is 378 g/mol. The third-order valence-electron chi connectivity index (χ3n) is 6.37. The second kappa shape index (κ2) is 8.22. The average Bonchev–Trinajstić information content (AvgIpc) is 3.22. The molecule has 1 aromatic heterocycles. The molecule has 2 aliphatic rings. The van der Waals surface area contributed by atoms with Crippen LogP contribution in [0.15, 0.2) is 36.5 Å². The fourth-order valence-corrected chi connectivity index (χ4v) is 4.71. The fourth-order valence-electron chi connectivity index (χ4n) is 4.71. The van der Waals surface area contributed by atoms with Crippen molar-refractivity contribution >= 4 is 11.9 Å². The summed E-state index contributed by atoms with van der Waals surface area (Å²) in [6.07, 6.45) is 3.92. The number of likely N-dealkylation sites (tertiary alicyclic amines) is 1. The van der Waals surface area contributed by atoms with E-state index in [0.717, 1.165) is 37.6 Å². The van der Waals surface area contributed by atoms with Crippen LogP contribution in [-0.2, 0) is 17.8 Å². The van der Waals surface area contributed by atoms with Crippen LogP contribution in [0.1, 0.15) is 43.8 Å². The second-order valence-electron chi connectivity index (χ2n) is 8.76. The molecule has 0 aliphatic carbocycles. The smallest absolute Gasteiger partial charge is 0.327 e. The first-order chi connectivity index (χ1) is 14.4. The summed E-state index contributed by atoms with van der Waals surface area (Å²) >= 11 is 0. The molecule has 4 rings (SSSR count).